The van der Waals surface area contributed by atoms with Gasteiger partial charge < -0.3 is 19.4 Å². The van der Waals surface area contributed by atoms with Crippen LogP contribution >= 0.6 is 0 Å². The SMILES string of the molecule is CS(=O)[C@@H](C1=NO[C@@H](c2ccccc2)[C@@H]1c1ccccc1)[C@@H](O)[C@H]1COC(C)(C)O1. The second-order valence-electron chi connectivity index (χ2n) is 8.12. The van der Waals surface area contributed by atoms with E-state index in [0.29, 0.717) is 5.71 Å². The first kappa shape index (κ1) is 21.2. The average Bonchev–Trinajstić information content (AvgIpc) is 3.32. The Morgan fingerprint density at radius 1 is 1.07 bits per heavy atom. The van der Waals surface area contributed by atoms with Crippen molar-refractivity contribution < 1.29 is 23.6 Å². The molecule has 1 unspecified atom stereocenters. The Bertz CT molecular complexity index is 918. The van der Waals surface area contributed by atoms with Crippen LogP contribution in [0.25, 0.3) is 0 Å². The molecule has 0 aromatic heterocycles. The van der Waals surface area contributed by atoms with Gasteiger partial charge in [-0.25, -0.2) is 0 Å². The van der Waals surface area contributed by atoms with Crippen LogP contribution in [0, 0.1) is 0 Å². The highest BCUT2D eigenvalue weighted by molar-refractivity contribution is 7.85. The quantitative estimate of drug-likeness (QED) is 0.763. The van der Waals surface area contributed by atoms with Crippen LogP contribution in [0.2, 0.25) is 0 Å². The topological polar surface area (TPSA) is 77.4 Å². The van der Waals surface area contributed by atoms with Gasteiger partial charge in [0.05, 0.1) is 18.2 Å². The molecule has 2 aromatic rings. The Balaban J connectivity index is 1.70. The Labute approximate surface area is 179 Å². The van der Waals surface area contributed by atoms with Crippen LogP contribution < -0.4 is 0 Å². The highest BCUT2D eigenvalue weighted by Gasteiger charge is 2.48. The molecule has 2 heterocycles. The molecule has 160 valence electrons. The minimum Gasteiger partial charge on any atom is -0.389 e. The van der Waals surface area contributed by atoms with Gasteiger partial charge in [-0.3, -0.25) is 4.21 Å². The van der Waals surface area contributed by atoms with Crippen molar-refractivity contribution in [1.82, 2.24) is 0 Å². The predicted molar refractivity (Wildman–Crippen MR) is 116 cm³/mol. The van der Waals surface area contributed by atoms with E-state index in [1.54, 1.807) is 20.1 Å². The third-order valence-electron chi connectivity index (χ3n) is 5.55. The van der Waals surface area contributed by atoms with Gasteiger partial charge in [0.1, 0.15) is 17.5 Å². The number of hydrogen-bond acceptors (Lipinski definition) is 6. The normalized spacial score (nSPS) is 28.4. The lowest BCUT2D eigenvalue weighted by Crippen LogP contribution is -2.47. The Morgan fingerprint density at radius 2 is 1.67 bits per heavy atom. The van der Waals surface area contributed by atoms with Gasteiger partial charge >= 0.3 is 0 Å². The molecule has 0 amide bonds. The van der Waals surface area contributed by atoms with Crippen molar-refractivity contribution in [2.24, 2.45) is 5.16 Å². The number of nitrogens with zero attached hydrogens (tertiary/aromatic N) is 1. The van der Waals surface area contributed by atoms with Crippen molar-refractivity contribution in [3.05, 3.63) is 71.8 Å². The van der Waals surface area contributed by atoms with Crippen molar-refractivity contribution in [2.45, 2.75) is 49.1 Å². The number of aliphatic hydroxyl groups is 1. The summed E-state index contributed by atoms with van der Waals surface area (Å²) < 4.78 is 24.3. The lowest BCUT2D eigenvalue weighted by atomic mass is 9.83. The summed E-state index contributed by atoms with van der Waals surface area (Å²) in [6.45, 7) is 3.83. The second kappa shape index (κ2) is 8.59. The molecule has 0 aliphatic carbocycles. The summed E-state index contributed by atoms with van der Waals surface area (Å²) in [5.74, 6) is -1.06. The van der Waals surface area contributed by atoms with E-state index >= 15 is 0 Å². The number of oxime groups is 1. The summed E-state index contributed by atoms with van der Waals surface area (Å²) in [4.78, 5) is 5.87. The van der Waals surface area contributed by atoms with E-state index in [-0.39, 0.29) is 18.6 Å². The lowest BCUT2D eigenvalue weighted by Gasteiger charge is -2.29. The maximum absolute atomic E-state index is 12.8. The maximum Gasteiger partial charge on any atom is 0.164 e. The summed E-state index contributed by atoms with van der Waals surface area (Å²) >= 11 is 0. The predicted octanol–water partition coefficient (Wildman–Crippen LogP) is 3.16. The molecule has 2 aliphatic heterocycles. The summed E-state index contributed by atoms with van der Waals surface area (Å²) in [5, 5.41) is 14.8. The highest BCUT2D eigenvalue weighted by atomic mass is 32.2. The average molecular weight is 430 g/mol. The van der Waals surface area contributed by atoms with Crippen LogP contribution in [0.4, 0.5) is 0 Å². The molecule has 0 bridgehead atoms. The maximum atomic E-state index is 12.8. The molecule has 2 aromatic carbocycles. The molecule has 0 spiro atoms. The summed E-state index contributed by atoms with van der Waals surface area (Å²) in [5.41, 5.74) is 2.53. The zero-order valence-corrected chi connectivity index (χ0v) is 18.1. The van der Waals surface area contributed by atoms with Gasteiger partial charge in [-0.1, -0.05) is 65.8 Å². The van der Waals surface area contributed by atoms with Gasteiger partial charge in [0.2, 0.25) is 0 Å². The molecule has 6 atom stereocenters. The molecular formula is C23H27NO5S. The molecule has 30 heavy (non-hydrogen) atoms. The summed E-state index contributed by atoms with van der Waals surface area (Å²) in [6.07, 6.45) is -0.418. The van der Waals surface area contributed by atoms with Crippen LogP contribution in [-0.2, 0) is 25.1 Å². The van der Waals surface area contributed by atoms with Crippen LogP contribution in [0.3, 0.4) is 0 Å². The van der Waals surface area contributed by atoms with Crippen molar-refractivity contribution in [3.63, 3.8) is 0 Å². The smallest absolute Gasteiger partial charge is 0.164 e. The third kappa shape index (κ3) is 4.21. The van der Waals surface area contributed by atoms with Crippen LogP contribution in [0.1, 0.15) is 37.0 Å². The van der Waals surface area contributed by atoms with Gasteiger partial charge in [0.15, 0.2) is 11.9 Å². The van der Waals surface area contributed by atoms with Gasteiger partial charge in [-0.2, -0.15) is 0 Å². The molecule has 1 saturated heterocycles. The number of hydrogen-bond donors (Lipinski definition) is 1. The van der Waals surface area contributed by atoms with Crippen LogP contribution in [0.15, 0.2) is 65.8 Å². The van der Waals surface area contributed by atoms with Gasteiger partial charge in [0.25, 0.3) is 0 Å². The number of rotatable bonds is 6. The third-order valence-corrected chi connectivity index (χ3v) is 6.79. The minimum absolute atomic E-state index is 0.230. The fraction of sp³-hybridized carbons (Fsp3) is 0.435. The molecule has 2 aliphatic rings. The molecule has 0 saturated carbocycles. The Hall–Kier alpha value is -2.06. The largest absolute Gasteiger partial charge is 0.389 e. The van der Waals surface area contributed by atoms with E-state index in [0.717, 1.165) is 11.1 Å². The molecule has 0 radical (unpaired) electrons. The first-order valence-electron chi connectivity index (χ1n) is 10.0. The Kier molecular flexibility index (Phi) is 6.06. The number of ether oxygens (including phenoxy) is 2. The minimum atomic E-state index is -1.41. The van der Waals surface area contributed by atoms with E-state index in [9.17, 15) is 9.32 Å². The molecule has 6 nitrogen and oxygen atoms in total. The van der Waals surface area contributed by atoms with Crippen LogP contribution in [0.5, 0.6) is 0 Å². The number of aliphatic hydroxyl groups excluding tert-OH is 1. The van der Waals surface area contributed by atoms with Crippen molar-refractivity contribution in [3.8, 4) is 0 Å². The van der Waals surface area contributed by atoms with Gasteiger partial charge in [0, 0.05) is 17.1 Å². The molecular weight excluding hydrogens is 402 g/mol. The van der Waals surface area contributed by atoms with Crippen molar-refractivity contribution >= 4 is 16.5 Å². The van der Waals surface area contributed by atoms with E-state index in [1.807, 2.05) is 60.7 Å². The van der Waals surface area contributed by atoms with Gasteiger partial charge in [-0.15, -0.1) is 0 Å². The fourth-order valence-electron chi connectivity index (χ4n) is 4.14. The van der Waals surface area contributed by atoms with Gasteiger partial charge in [-0.05, 0) is 25.0 Å². The highest BCUT2D eigenvalue weighted by Crippen LogP contribution is 2.42. The Morgan fingerprint density at radius 3 is 2.20 bits per heavy atom. The fourth-order valence-corrected chi connectivity index (χ4v) is 5.24. The zero-order valence-electron chi connectivity index (χ0n) is 17.3. The standard InChI is InChI=1S/C23H27NO5S/c1-23(2)27-14-17(28-23)20(25)22(30(3)26)19-18(15-10-6-4-7-11-15)21(29-24-19)16-12-8-5-9-13-16/h4-13,17-18,20-22,25H,14H2,1-3H3/t17-,18-,20+,21+,22+,30?/m1/s1. The second-order valence-corrected chi connectivity index (χ2v) is 9.62. The molecule has 4 rings (SSSR count). The summed E-state index contributed by atoms with van der Waals surface area (Å²) in [6, 6.07) is 19.7. The number of benzene rings is 2. The van der Waals surface area contributed by atoms with Crippen molar-refractivity contribution in [1.29, 1.82) is 0 Å². The zero-order chi connectivity index (χ0) is 21.3. The monoisotopic (exact) mass is 429 g/mol. The van der Waals surface area contributed by atoms with E-state index in [4.69, 9.17) is 14.3 Å². The lowest BCUT2D eigenvalue weighted by molar-refractivity contribution is -0.150. The van der Waals surface area contributed by atoms with E-state index in [1.165, 1.54) is 0 Å². The van der Waals surface area contributed by atoms with E-state index < -0.39 is 34.0 Å². The first-order valence-corrected chi connectivity index (χ1v) is 11.6. The van der Waals surface area contributed by atoms with Crippen molar-refractivity contribution in [2.75, 3.05) is 12.9 Å². The molecule has 1 N–H and O–H groups in total. The first-order chi connectivity index (χ1) is 14.4. The molecule has 1 fully saturated rings. The summed E-state index contributed by atoms with van der Waals surface area (Å²) in [7, 11) is -1.41. The van der Waals surface area contributed by atoms with E-state index in [2.05, 4.69) is 5.16 Å². The van der Waals surface area contributed by atoms with Crippen LogP contribution in [-0.4, -0.2) is 51.1 Å². The molecule has 7 heteroatoms.